The summed E-state index contributed by atoms with van der Waals surface area (Å²) in [5.41, 5.74) is 2.78. The van der Waals surface area contributed by atoms with E-state index in [1.807, 2.05) is 42.5 Å². The zero-order chi connectivity index (χ0) is 20.9. The predicted molar refractivity (Wildman–Crippen MR) is 123 cm³/mol. The maximum atomic E-state index is 12.8. The van der Waals surface area contributed by atoms with Crippen LogP contribution in [0, 0.1) is 0 Å². The molecule has 2 aromatic rings. The second-order valence-corrected chi connectivity index (χ2v) is 9.45. The third-order valence-corrected chi connectivity index (χ3v) is 7.26. The van der Waals surface area contributed by atoms with Gasteiger partial charge < -0.3 is 10.6 Å². The van der Waals surface area contributed by atoms with Crippen molar-refractivity contribution in [3.63, 3.8) is 0 Å². The van der Waals surface area contributed by atoms with Gasteiger partial charge in [-0.25, -0.2) is 0 Å². The third kappa shape index (κ3) is 5.05. The molecule has 158 valence electrons. The Morgan fingerprint density at radius 3 is 2.67 bits per heavy atom. The minimum absolute atomic E-state index is 0.112. The van der Waals surface area contributed by atoms with Crippen LogP contribution in [-0.4, -0.2) is 35.1 Å². The van der Waals surface area contributed by atoms with E-state index in [1.165, 1.54) is 43.9 Å². The van der Waals surface area contributed by atoms with E-state index in [2.05, 4.69) is 28.6 Å². The highest BCUT2D eigenvalue weighted by molar-refractivity contribution is 8.01. The van der Waals surface area contributed by atoms with Gasteiger partial charge in [-0.15, -0.1) is 11.8 Å². The van der Waals surface area contributed by atoms with E-state index in [0.29, 0.717) is 6.04 Å². The van der Waals surface area contributed by atoms with Crippen molar-refractivity contribution in [2.45, 2.75) is 61.3 Å². The maximum Gasteiger partial charge on any atom is 0.238 e. The van der Waals surface area contributed by atoms with E-state index < -0.39 is 5.25 Å². The lowest BCUT2D eigenvalue weighted by atomic mass is 9.94. The number of benzene rings is 2. The molecule has 1 fully saturated rings. The number of amides is 2. The third-order valence-electron chi connectivity index (χ3n) is 5.99. The van der Waals surface area contributed by atoms with Crippen molar-refractivity contribution >= 4 is 35.0 Å². The predicted octanol–water partition coefficient (Wildman–Crippen LogP) is 4.89. The van der Waals surface area contributed by atoms with E-state index in [0.717, 1.165) is 28.4 Å². The van der Waals surface area contributed by atoms with Gasteiger partial charge in [0.15, 0.2) is 0 Å². The summed E-state index contributed by atoms with van der Waals surface area (Å²) >= 11 is 1.46. The molecule has 4 rings (SSSR count). The summed E-state index contributed by atoms with van der Waals surface area (Å²) in [6, 6.07) is 16.3. The normalized spacial score (nSPS) is 19.3. The van der Waals surface area contributed by atoms with Gasteiger partial charge >= 0.3 is 0 Å². The zero-order valence-electron chi connectivity index (χ0n) is 17.4. The van der Waals surface area contributed by atoms with Gasteiger partial charge in [-0.05, 0) is 43.7 Å². The average molecular weight is 424 g/mol. The highest BCUT2D eigenvalue weighted by Crippen LogP contribution is 2.36. The summed E-state index contributed by atoms with van der Waals surface area (Å²) in [5, 5.41) is 5.54. The molecule has 0 aromatic heterocycles. The highest BCUT2D eigenvalue weighted by atomic mass is 32.2. The Bertz CT molecular complexity index is 911. The zero-order valence-corrected chi connectivity index (χ0v) is 18.2. The van der Waals surface area contributed by atoms with Crippen molar-refractivity contribution in [2.75, 3.05) is 17.7 Å². The number of rotatable bonds is 6. The average Bonchev–Trinajstić information content (AvgIpc) is 2.76. The van der Waals surface area contributed by atoms with E-state index >= 15 is 0 Å². The van der Waals surface area contributed by atoms with Gasteiger partial charge in [0.25, 0.3) is 0 Å². The molecule has 2 N–H and O–H groups in total. The Morgan fingerprint density at radius 2 is 1.83 bits per heavy atom. The number of para-hydroxylation sites is 2. The second-order valence-electron chi connectivity index (χ2n) is 8.21. The van der Waals surface area contributed by atoms with Crippen LogP contribution < -0.4 is 10.6 Å². The largest absolute Gasteiger partial charge is 0.326 e. The Kier molecular flexibility index (Phi) is 6.75. The molecular weight excluding hydrogens is 394 g/mol. The van der Waals surface area contributed by atoms with Crippen molar-refractivity contribution in [3.8, 4) is 0 Å². The van der Waals surface area contributed by atoms with Crippen LogP contribution in [0.4, 0.5) is 11.4 Å². The van der Waals surface area contributed by atoms with Crippen LogP contribution in [-0.2, 0) is 16.1 Å². The smallest absolute Gasteiger partial charge is 0.238 e. The van der Waals surface area contributed by atoms with Crippen LogP contribution in [0.3, 0.4) is 0 Å². The quantitative estimate of drug-likeness (QED) is 0.694. The van der Waals surface area contributed by atoms with Crippen LogP contribution in [0.15, 0.2) is 53.4 Å². The van der Waals surface area contributed by atoms with Crippen molar-refractivity contribution in [1.82, 2.24) is 4.90 Å². The van der Waals surface area contributed by atoms with Gasteiger partial charge in [-0.1, -0.05) is 49.6 Å². The first-order valence-corrected chi connectivity index (χ1v) is 11.6. The van der Waals surface area contributed by atoms with E-state index in [1.54, 1.807) is 0 Å². The lowest BCUT2D eigenvalue weighted by Crippen LogP contribution is -2.34. The van der Waals surface area contributed by atoms with E-state index in [4.69, 9.17) is 0 Å². The van der Waals surface area contributed by atoms with Gasteiger partial charge in [0.1, 0.15) is 0 Å². The molecule has 0 radical (unpaired) electrons. The Morgan fingerprint density at radius 1 is 1.10 bits per heavy atom. The first-order chi connectivity index (χ1) is 14.6. The number of carbonyl (C=O) groups is 2. The number of carbonyl (C=O) groups excluding carboxylic acids is 2. The number of nitrogens with one attached hydrogen (secondary N) is 2. The second kappa shape index (κ2) is 9.67. The fourth-order valence-corrected chi connectivity index (χ4v) is 5.41. The summed E-state index contributed by atoms with van der Waals surface area (Å²) in [6.07, 6.45) is 6.60. The lowest BCUT2D eigenvalue weighted by Gasteiger charge is -2.31. The summed E-state index contributed by atoms with van der Waals surface area (Å²) in [6.45, 7) is 0.813. The lowest BCUT2D eigenvalue weighted by molar-refractivity contribution is -0.120. The Balaban J connectivity index is 1.38. The number of hydrogen-bond acceptors (Lipinski definition) is 4. The molecule has 30 heavy (non-hydrogen) atoms. The molecule has 5 nitrogen and oxygen atoms in total. The maximum absolute atomic E-state index is 12.8. The topological polar surface area (TPSA) is 61.4 Å². The summed E-state index contributed by atoms with van der Waals surface area (Å²) in [4.78, 5) is 28.6. The molecule has 0 bridgehead atoms. The first-order valence-electron chi connectivity index (χ1n) is 10.7. The minimum atomic E-state index is -0.419. The molecule has 2 aliphatic rings. The van der Waals surface area contributed by atoms with E-state index in [-0.39, 0.29) is 18.2 Å². The molecule has 1 atom stereocenters. The highest BCUT2D eigenvalue weighted by Gasteiger charge is 2.29. The van der Waals surface area contributed by atoms with Crippen LogP contribution in [0.5, 0.6) is 0 Å². The molecule has 6 heteroatoms. The molecule has 2 amide bonds. The van der Waals surface area contributed by atoms with Gasteiger partial charge in [0, 0.05) is 29.6 Å². The SMILES string of the molecule is CN(Cc1ccccc1NC(=O)C[C@H]1Sc2ccccc2NC1=O)C1CCCCC1. The van der Waals surface area contributed by atoms with Crippen LogP contribution in [0.2, 0.25) is 0 Å². The van der Waals surface area contributed by atoms with Crippen LogP contribution >= 0.6 is 11.8 Å². The van der Waals surface area contributed by atoms with Crippen molar-refractivity contribution in [3.05, 3.63) is 54.1 Å². The molecule has 0 saturated heterocycles. The van der Waals surface area contributed by atoms with E-state index in [9.17, 15) is 9.59 Å². The van der Waals surface area contributed by atoms with Gasteiger partial charge in [-0.2, -0.15) is 0 Å². The summed E-state index contributed by atoms with van der Waals surface area (Å²) in [5.74, 6) is -0.242. The molecular formula is C24H29N3O2S. The van der Waals surface area contributed by atoms with Crippen LogP contribution in [0.25, 0.3) is 0 Å². The monoisotopic (exact) mass is 423 g/mol. The fourth-order valence-electron chi connectivity index (χ4n) is 4.30. The number of hydrogen-bond donors (Lipinski definition) is 2. The molecule has 0 unspecified atom stereocenters. The Labute approximate surface area is 182 Å². The molecule has 1 heterocycles. The molecule has 1 aliphatic carbocycles. The number of thioether (sulfide) groups is 1. The number of fused-ring (bicyclic) bond motifs is 1. The van der Waals surface area contributed by atoms with Crippen molar-refractivity contribution in [1.29, 1.82) is 0 Å². The first kappa shape index (κ1) is 20.9. The molecule has 1 saturated carbocycles. The van der Waals surface area contributed by atoms with Gasteiger partial charge in [0.2, 0.25) is 11.8 Å². The minimum Gasteiger partial charge on any atom is -0.326 e. The standard InChI is InChI=1S/C24H29N3O2S/c1-27(18-10-3-2-4-11-18)16-17-9-5-6-12-19(17)25-23(28)15-22-24(29)26-20-13-7-8-14-21(20)30-22/h5-9,12-14,18,22H,2-4,10-11,15-16H2,1H3,(H,25,28)(H,26,29)/t22-/m1/s1. The van der Waals surface area contributed by atoms with Gasteiger partial charge in [-0.3, -0.25) is 14.5 Å². The number of anilines is 2. The number of nitrogens with zero attached hydrogens (tertiary/aromatic N) is 1. The molecule has 0 spiro atoms. The van der Waals surface area contributed by atoms with Gasteiger partial charge in [0.05, 0.1) is 10.9 Å². The Hall–Kier alpha value is -2.31. The fraction of sp³-hybridized carbons (Fsp3) is 0.417. The summed E-state index contributed by atoms with van der Waals surface area (Å²) in [7, 11) is 2.18. The van der Waals surface area contributed by atoms with Crippen molar-refractivity contribution in [2.24, 2.45) is 0 Å². The summed E-state index contributed by atoms with van der Waals surface area (Å²) < 4.78 is 0. The molecule has 1 aliphatic heterocycles. The van der Waals surface area contributed by atoms with Crippen molar-refractivity contribution < 1.29 is 9.59 Å². The van der Waals surface area contributed by atoms with Crippen LogP contribution in [0.1, 0.15) is 44.1 Å². The molecule has 2 aromatic carbocycles.